The first-order valence-corrected chi connectivity index (χ1v) is 6.06. The van der Waals surface area contributed by atoms with Crippen LogP contribution in [-0.4, -0.2) is 11.3 Å². The van der Waals surface area contributed by atoms with Gasteiger partial charge in [-0.2, -0.15) is 0 Å². The number of alkyl halides is 3. The lowest BCUT2D eigenvalue weighted by molar-refractivity contribution is -0.274. The molecular formula is C7H5F3IO5P. The molecule has 1 atom stereocenters. The Morgan fingerprint density at radius 1 is 1.29 bits per heavy atom. The molecule has 1 unspecified atom stereocenters. The van der Waals surface area contributed by atoms with Crippen molar-refractivity contribution in [1.29, 1.82) is 0 Å². The minimum atomic E-state index is -4.90. The molecular weight excluding hydrogens is 379 g/mol. The standard InChI is InChI=1S/C7H5F3IO5P/c8-7(9,10)14-4-2-1-3-5(6(4)15-11)16-17(12)13/h1-3,17H,(H,12,13). The monoisotopic (exact) mass is 384 g/mol. The van der Waals surface area contributed by atoms with Crippen molar-refractivity contribution in [3.05, 3.63) is 18.2 Å². The largest absolute Gasteiger partial charge is 0.573 e. The third kappa shape index (κ3) is 4.60. The molecule has 10 heteroatoms. The van der Waals surface area contributed by atoms with Gasteiger partial charge < -0.3 is 17.2 Å². The summed E-state index contributed by atoms with van der Waals surface area (Å²) in [5.74, 6) is -1.39. The van der Waals surface area contributed by atoms with Crippen LogP contribution in [0, 0.1) is 0 Å². The van der Waals surface area contributed by atoms with E-state index in [-0.39, 0.29) is 5.75 Å². The molecule has 1 aromatic rings. The molecule has 0 saturated heterocycles. The van der Waals surface area contributed by atoms with Crippen LogP contribution >= 0.6 is 31.3 Å². The summed E-state index contributed by atoms with van der Waals surface area (Å²) in [4.78, 5) is 8.55. The summed E-state index contributed by atoms with van der Waals surface area (Å²) in [6.07, 6.45) is -4.90. The smallest absolute Gasteiger partial charge is 0.422 e. The van der Waals surface area contributed by atoms with Gasteiger partial charge in [0.2, 0.25) is 5.75 Å². The highest BCUT2D eigenvalue weighted by atomic mass is 127. The second-order valence-electron chi connectivity index (χ2n) is 2.58. The minimum absolute atomic E-state index is 0.312. The van der Waals surface area contributed by atoms with Gasteiger partial charge in [-0.15, -0.1) is 13.2 Å². The van der Waals surface area contributed by atoms with E-state index in [0.717, 1.165) is 6.07 Å². The van der Waals surface area contributed by atoms with Crippen LogP contribution in [0.2, 0.25) is 0 Å². The van der Waals surface area contributed by atoms with Gasteiger partial charge in [0.15, 0.2) is 34.5 Å². The number of para-hydroxylation sites is 1. The average Bonchev–Trinajstić information content (AvgIpc) is 2.14. The Morgan fingerprint density at radius 2 is 1.88 bits per heavy atom. The van der Waals surface area contributed by atoms with Crippen LogP contribution in [0.3, 0.4) is 0 Å². The Labute approximate surface area is 108 Å². The van der Waals surface area contributed by atoms with Crippen LogP contribution in [0.4, 0.5) is 13.2 Å². The molecule has 0 aliphatic rings. The maximum atomic E-state index is 12.0. The summed E-state index contributed by atoms with van der Waals surface area (Å²) < 4.78 is 59.2. The van der Waals surface area contributed by atoms with E-state index in [0.29, 0.717) is 0 Å². The Bertz CT molecular complexity index is 424. The Morgan fingerprint density at radius 3 is 2.35 bits per heavy atom. The number of ether oxygens (including phenoxy) is 1. The highest BCUT2D eigenvalue weighted by Crippen LogP contribution is 2.43. The number of rotatable bonds is 4. The van der Waals surface area contributed by atoms with Crippen molar-refractivity contribution in [3.8, 4) is 17.2 Å². The molecule has 0 fully saturated rings. The Hall–Kier alpha value is -0.670. The summed E-state index contributed by atoms with van der Waals surface area (Å²) in [5.41, 5.74) is 0. The second kappa shape index (κ2) is 5.78. The molecule has 0 amide bonds. The first-order chi connectivity index (χ1) is 7.83. The summed E-state index contributed by atoms with van der Waals surface area (Å²) in [5, 5.41) is 0. The summed E-state index contributed by atoms with van der Waals surface area (Å²) in [7, 11) is -3.35. The second-order valence-corrected chi connectivity index (χ2v) is 3.75. The highest BCUT2D eigenvalue weighted by molar-refractivity contribution is 14.1. The van der Waals surface area contributed by atoms with Crippen LogP contribution in [0.1, 0.15) is 0 Å². The topological polar surface area (TPSA) is 65.0 Å². The Kier molecular flexibility index (Phi) is 4.90. The molecule has 1 N–H and O–H groups in total. The SMILES string of the molecule is O=[PH](O)Oc1cccc(OC(F)(F)F)c1OI. The van der Waals surface area contributed by atoms with Crippen molar-refractivity contribution in [1.82, 2.24) is 0 Å². The van der Waals surface area contributed by atoms with Gasteiger partial charge in [0.25, 0.3) is 0 Å². The summed E-state index contributed by atoms with van der Waals surface area (Å²) >= 11 is 1.30. The maximum Gasteiger partial charge on any atom is 0.573 e. The van der Waals surface area contributed by atoms with Crippen LogP contribution in [-0.2, 0) is 4.57 Å². The van der Waals surface area contributed by atoms with Crippen molar-refractivity contribution >= 4 is 31.3 Å². The predicted molar refractivity (Wildman–Crippen MR) is 59.6 cm³/mol. The van der Waals surface area contributed by atoms with E-state index >= 15 is 0 Å². The van der Waals surface area contributed by atoms with E-state index in [9.17, 15) is 17.7 Å². The van der Waals surface area contributed by atoms with Crippen molar-refractivity contribution in [3.63, 3.8) is 0 Å². The van der Waals surface area contributed by atoms with E-state index in [1.54, 1.807) is 0 Å². The quantitative estimate of drug-likeness (QED) is 0.639. The first-order valence-electron chi connectivity index (χ1n) is 3.91. The summed E-state index contributed by atoms with van der Waals surface area (Å²) in [6, 6.07) is 3.33. The fourth-order valence-corrected chi connectivity index (χ4v) is 1.73. The van der Waals surface area contributed by atoms with Gasteiger partial charge >= 0.3 is 14.6 Å². The van der Waals surface area contributed by atoms with E-state index in [2.05, 4.69) is 12.3 Å². The maximum absolute atomic E-state index is 12.0. The molecule has 96 valence electrons. The van der Waals surface area contributed by atoms with Crippen molar-refractivity contribution in [2.45, 2.75) is 6.36 Å². The number of hydrogen-bond donors (Lipinski definition) is 1. The molecule has 5 nitrogen and oxygen atoms in total. The third-order valence-electron chi connectivity index (χ3n) is 1.44. The van der Waals surface area contributed by atoms with E-state index in [4.69, 9.17) is 4.89 Å². The molecule has 0 heterocycles. The van der Waals surface area contributed by atoms with Crippen LogP contribution in [0.5, 0.6) is 17.2 Å². The van der Waals surface area contributed by atoms with Gasteiger partial charge in [-0.25, -0.2) is 4.57 Å². The number of halogens is 4. The van der Waals surface area contributed by atoms with Crippen LogP contribution in [0.25, 0.3) is 0 Å². The van der Waals surface area contributed by atoms with E-state index < -0.39 is 26.1 Å². The van der Waals surface area contributed by atoms with E-state index in [1.165, 1.54) is 35.1 Å². The van der Waals surface area contributed by atoms with Crippen molar-refractivity contribution in [2.24, 2.45) is 0 Å². The number of hydrogen-bond acceptors (Lipinski definition) is 4. The lowest BCUT2D eigenvalue weighted by Crippen LogP contribution is -2.17. The lowest BCUT2D eigenvalue weighted by atomic mass is 10.3. The molecule has 0 aromatic heterocycles. The number of benzene rings is 1. The minimum Gasteiger partial charge on any atom is -0.422 e. The molecule has 17 heavy (non-hydrogen) atoms. The molecule has 0 aliphatic heterocycles. The van der Waals surface area contributed by atoms with Gasteiger partial charge in [-0.1, -0.05) is 6.07 Å². The van der Waals surface area contributed by atoms with Gasteiger partial charge in [0.05, 0.1) is 0 Å². The lowest BCUT2D eigenvalue weighted by Gasteiger charge is -2.13. The zero-order valence-electron chi connectivity index (χ0n) is 7.82. The van der Waals surface area contributed by atoms with Gasteiger partial charge in [-0.3, -0.25) is 0 Å². The van der Waals surface area contributed by atoms with Crippen LogP contribution < -0.4 is 12.3 Å². The van der Waals surface area contributed by atoms with Gasteiger partial charge in [0, 0.05) is 0 Å². The molecule has 0 bridgehead atoms. The molecule has 1 rings (SSSR count). The fourth-order valence-electron chi connectivity index (χ4n) is 0.951. The zero-order chi connectivity index (χ0) is 13.1. The molecule has 1 aromatic carbocycles. The first kappa shape index (κ1) is 14.4. The molecule has 0 radical (unpaired) electrons. The van der Waals surface area contributed by atoms with E-state index in [1.807, 2.05) is 0 Å². The Balaban J connectivity index is 3.09. The van der Waals surface area contributed by atoms with Gasteiger partial charge in [0.1, 0.15) is 0 Å². The molecule has 0 spiro atoms. The highest BCUT2D eigenvalue weighted by Gasteiger charge is 2.33. The summed E-state index contributed by atoms with van der Waals surface area (Å²) in [6.45, 7) is 0. The molecule has 0 aliphatic carbocycles. The average molecular weight is 384 g/mol. The fraction of sp³-hybridized carbons (Fsp3) is 0.143. The van der Waals surface area contributed by atoms with Crippen molar-refractivity contribution in [2.75, 3.05) is 0 Å². The van der Waals surface area contributed by atoms with Crippen LogP contribution in [0.15, 0.2) is 18.2 Å². The zero-order valence-corrected chi connectivity index (χ0v) is 11.0. The van der Waals surface area contributed by atoms with Crippen molar-refractivity contribution < 1.29 is 35.0 Å². The van der Waals surface area contributed by atoms with Gasteiger partial charge in [-0.05, 0) is 12.1 Å². The molecule has 0 saturated carbocycles. The predicted octanol–water partition coefficient (Wildman–Crippen LogP) is 3.07. The third-order valence-corrected chi connectivity index (χ3v) is 2.28. The normalized spacial score (nSPS) is 13.0.